The van der Waals surface area contributed by atoms with Crippen LogP contribution in [0.25, 0.3) is 0 Å². The molecule has 0 aliphatic carbocycles. The minimum atomic E-state index is -0.226. The summed E-state index contributed by atoms with van der Waals surface area (Å²) in [6.45, 7) is 1.39. The molecule has 2 heterocycles. The summed E-state index contributed by atoms with van der Waals surface area (Å²) in [5.41, 5.74) is 2.09. The molecule has 0 radical (unpaired) electrons. The number of nitrogens with two attached hydrogens (primary N) is 1. The fraction of sp³-hybridized carbons (Fsp3) is 0.429. The number of imidazole rings is 1. The standard InChI is InChI=1S/C7H11N5O/c8-10-7(13)12-3-6(4-12)11-2-1-9-5-11/h1-2,5-6H,3-4,8H2,(H,10,13). The van der Waals surface area contributed by atoms with E-state index in [4.69, 9.17) is 5.84 Å². The molecule has 3 N–H and O–H groups in total. The Morgan fingerprint density at radius 2 is 2.38 bits per heavy atom. The van der Waals surface area contributed by atoms with Gasteiger partial charge in [0.25, 0.3) is 0 Å². The van der Waals surface area contributed by atoms with Gasteiger partial charge in [0.2, 0.25) is 0 Å². The molecule has 0 spiro atoms. The zero-order chi connectivity index (χ0) is 9.26. The van der Waals surface area contributed by atoms with Gasteiger partial charge in [0.05, 0.1) is 12.4 Å². The average molecular weight is 181 g/mol. The van der Waals surface area contributed by atoms with Crippen LogP contribution < -0.4 is 11.3 Å². The van der Waals surface area contributed by atoms with Crippen molar-refractivity contribution in [2.45, 2.75) is 6.04 Å². The molecule has 1 aliphatic rings. The second-order valence-electron chi connectivity index (χ2n) is 3.02. The first-order chi connectivity index (χ1) is 6.31. The third-order valence-electron chi connectivity index (χ3n) is 2.22. The zero-order valence-electron chi connectivity index (χ0n) is 7.05. The lowest BCUT2D eigenvalue weighted by Gasteiger charge is -2.39. The van der Waals surface area contributed by atoms with Crippen molar-refractivity contribution in [2.75, 3.05) is 13.1 Å². The summed E-state index contributed by atoms with van der Waals surface area (Å²) in [6, 6.07) is 0.121. The van der Waals surface area contributed by atoms with Crippen LogP contribution in [0.1, 0.15) is 6.04 Å². The molecule has 1 saturated heterocycles. The van der Waals surface area contributed by atoms with Crippen molar-refractivity contribution in [3.8, 4) is 0 Å². The predicted octanol–water partition coefficient (Wildman–Crippen LogP) is -0.677. The van der Waals surface area contributed by atoms with Crippen molar-refractivity contribution in [3.05, 3.63) is 18.7 Å². The molecule has 0 saturated carbocycles. The number of urea groups is 1. The van der Waals surface area contributed by atoms with Crippen molar-refractivity contribution >= 4 is 6.03 Å². The summed E-state index contributed by atoms with van der Waals surface area (Å²) in [4.78, 5) is 16.6. The Hall–Kier alpha value is -1.56. The molecule has 1 aliphatic heterocycles. The van der Waals surface area contributed by atoms with Crippen LogP contribution >= 0.6 is 0 Å². The van der Waals surface area contributed by atoms with E-state index in [-0.39, 0.29) is 6.03 Å². The number of hydrogen-bond acceptors (Lipinski definition) is 3. The van der Waals surface area contributed by atoms with Crippen LogP contribution in [0.3, 0.4) is 0 Å². The Labute approximate surface area is 75.3 Å². The van der Waals surface area contributed by atoms with E-state index in [1.165, 1.54) is 0 Å². The number of likely N-dealkylation sites (tertiary alicyclic amines) is 1. The number of carbonyl (C=O) groups is 1. The number of hydrogen-bond donors (Lipinski definition) is 2. The summed E-state index contributed by atoms with van der Waals surface area (Å²) >= 11 is 0. The molecule has 0 unspecified atom stereocenters. The molecule has 1 aromatic heterocycles. The Morgan fingerprint density at radius 1 is 1.62 bits per heavy atom. The van der Waals surface area contributed by atoms with E-state index in [0.29, 0.717) is 19.1 Å². The maximum Gasteiger partial charge on any atom is 0.331 e. The predicted molar refractivity (Wildman–Crippen MR) is 45.6 cm³/mol. The Morgan fingerprint density at radius 3 is 2.92 bits per heavy atom. The number of aromatic nitrogens is 2. The third-order valence-corrected chi connectivity index (χ3v) is 2.22. The maximum atomic E-state index is 11.0. The molecule has 0 bridgehead atoms. The van der Waals surface area contributed by atoms with Gasteiger partial charge in [-0.1, -0.05) is 0 Å². The number of nitrogens with one attached hydrogen (secondary N) is 1. The zero-order valence-corrected chi connectivity index (χ0v) is 7.05. The second kappa shape index (κ2) is 3.06. The Balaban J connectivity index is 1.89. The molecule has 2 rings (SSSR count). The quantitative estimate of drug-likeness (QED) is 0.342. The number of amides is 2. The van der Waals surface area contributed by atoms with E-state index in [9.17, 15) is 4.79 Å². The first-order valence-electron chi connectivity index (χ1n) is 4.04. The fourth-order valence-corrected chi connectivity index (χ4v) is 1.39. The first kappa shape index (κ1) is 8.06. The SMILES string of the molecule is NNC(=O)N1CC(n2ccnc2)C1. The van der Waals surface area contributed by atoms with Crippen molar-refractivity contribution in [1.82, 2.24) is 19.9 Å². The maximum absolute atomic E-state index is 11.0. The van der Waals surface area contributed by atoms with Gasteiger partial charge >= 0.3 is 6.03 Å². The molecule has 70 valence electrons. The molecule has 1 aromatic rings. The molecule has 2 amide bonds. The topological polar surface area (TPSA) is 76.2 Å². The minimum absolute atomic E-state index is 0.226. The van der Waals surface area contributed by atoms with E-state index in [0.717, 1.165) is 0 Å². The Bertz CT molecular complexity index is 290. The highest BCUT2D eigenvalue weighted by Gasteiger charge is 2.30. The second-order valence-corrected chi connectivity index (χ2v) is 3.02. The normalized spacial score (nSPS) is 16.8. The monoisotopic (exact) mass is 181 g/mol. The Kier molecular flexibility index (Phi) is 1.90. The summed E-state index contributed by atoms with van der Waals surface area (Å²) in [5, 5.41) is 0. The number of nitrogens with zero attached hydrogens (tertiary/aromatic N) is 3. The molecule has 0 aromatic carbocycles. The van der Waals surface area contributed by atoms with Crippen LogP contribution in [0.4, 0.5) is 4.79 Å². The summed E-state index contributed by atoms with van der Waals surface area (Å²) in [5.74, 6) is 4.99. The lowest BCUT2D eigenvalue weighted by molar-refractivity contribution is 0.125. The van der Waals surface area contributed by atoms with E-state index in [2.05, 4.69) is 10.4 Å². The van der Waals surface area contributed by atoms with E-state index in [1.807, 2.05) is 10.8 Å². The van der Waals surface area contributed by atoms with Gasteiger partial charge < -0.3 is 9.47 Å². The van der Waals surface area contributed by atoms with Crippen LogP contribution in [0.2, 0.25) is 0 Å². The van der Waals surface area contributed by atoms with Crippen LogP contribution in [0.15, 0.2) is 18.7 Å². The van der Waals surface area contributed by atoms with E-state index >= 15 is 0 Å². The van der Waals surface area contributed by atoms with Crippen LogP contribution in [-0.2, 0) is 0 Å². The van der Waals surface area contributed by atoms with Gasteiger partial charge in [0.1, 0.15) is 0 Å². The fourth-order valence-electron chi connectivity index (χ4n) is 1.39. The number of carbonyl (C=O) groups excluding carboxylic acids is 1. The minimum Gasteiger partial charge on any atom is -0.331 e. The van der Waals surface area contributed by atoms with Crippen molar-refractivity contribution in [1.29, 1.82) is 0 Å². The lowest BCUT2D eigenvalue weighted by Crippen LogP contribution is -2.55. The largest absolute Gasteiger partial charge is 0.331 e. The highest BCUT2D eigenvalue weighted by molar-refractivity contribution is 5.74. The molecular weight excluding hydrogens is 170 g/mol. The van der Waals surface area contributed by atoms with Gasteiger partial charge in [0.15, 0.2) is 0 Å². The van der Waals surface area contributed by atoms with Crippen LogP contribution in [0.5, 0.6) is 0 Å². The number of rotatable bonds is 1. The molecule has 13 heavy (non-hydrogen) atoms. The van der Waals surface area contributed by atoms with Crippen LogP contribution in [0, 0.1) is 0 Å². The van der Waals surface area contributed by atoms with Crippen molar-refractivity contribution in [3.63, 3.8) is 0 Å². The average Bonchev–Trinajstić information content (AvgIpc) is 2.54. The van der Waals surface area contributed by atoms with Gasteiger partial charge in [-0.3, -0.25) is 5.43 Å². The molecular formula is C7H11N5O. The highest BCUT2D eigenvalue weighted by atomic mass is 16.2. The molecule has 6 heteroatoms. The van der Waals surface area contributed by atoms with Gasteiger partial charge in [-0.25, -0.2) is 15.6 Å². The van der Waals surface area contributed by atoms with Crippen molar-refractivity contribution < 1.29 is 4.79 Å². The summed E-state index contributed by atoms with van der Waals surface area (Å²) < 4.78 is 1.99. The summed E-state index contributed by atoms with van der Waals surface area (Å²) in [7, 11) is 0. The number of hydrazine groups is 1. The van der Waals surface area contributed by atoms with E-state index in [1.54, 1.807) is 17.4 Å². The molecule has 0 atom stereocenters. The lowest BCUT2D eigenvalue weighted by atomic mass is 10.1. The smallest absolute Gasteiger partial charge is 0.331 e. The molecule has 1 fully saturated rings. The van der Waals surface area contributed by atoms with Crippen LogP contribution in [-0.4, -0.2) is 33.6 Å². The van der Waals surface area contributed by atoms with Gasteiger partial charge in [-0.2, -0.15) is 0 Å². The molecule has 6 nitrogen and oxygen atoms in total. The van der Waals surface area contributed by atoms with E-state index < -0.39 is 0 Å². The van der Waals surface area contributed by atoms with Crippen molar-refractivity contribution in [2.24, 2.45) is 5.84 Å². The first-order valence-corrected chi connectivity index (χ1v) is 4.04. The van der Waals surface area contributed by atoms with Gasteiger partial charge in [-0.15, -0.1) is 0 Å². The third kappa shape index (κ3) is 1.35. The van der Waals surface area contributed by atoms with Gasteiger partial charge in [-0.05, 0) is 0 Å². The highest BCUT2D eigenvalue weighted by Crippen LogP contribution is 2.19. The van der Waals surface area contributed by atoms with Gasteiger partial charge in [0, 0.05) is 25.5 Å². The summed E-state index contributed by atoms with van der Waals surface area (Å²) in [6.07, 6.45) is 5.37.